The summed E-state index contributed by atoms with van der Waals surface area (Å²) in [5.74, 6) is 0.679. The Morgan fingerprint density at radius 1 is 1.17 bits per heavy atom. The fourth-order valence-corrected chi connectivity index (χ4v) is 3.54. The van der Waals surface area contributed by atoms with Crippen LogP contribution in [0.2, 0.25) is 0 Å². The van der Waals surface area contributed by atoms with Crippen molar-refractivity contribution in [1.29, 1.82) is 0 Å². The van der Waals surface area contributed by atoms with E-state index in [1.807, 2.05) is 18.2 Å². The van der Waals surface area contributed by atoms with Gasteiger partial charge < -0.3 is 15.0 Å². The van der Waals surface area contributed by atoms with Crippen molar-refractivity contribution >= 4 is 44.2 Å². The number of carbonyl (C=O) groups is 1. The second-order valence-corrected chi connectivity index (χ2v) is 7.62. The van der Waals surface area contributed by atoms with Crippen molar-refractivity contribution in [1.82, 2.24) is 14.5 Å². The Morgan fingerprint density at radius 2 is 2.00 bits per heavy atom. The number of hydrogen-bond donors (Lipinski definition) is 1. The van der Waals surface area contributed by atoms with Gasteiger partial charge in [0.05, 0.1) is 42.3 Å². The first kappa shape index (κ1) is 19.5. The summed E-state index contributed by atoms with van der Waals surface area (Å²) in [6.45, 7) is 3.26. The summed E-state index contributed by atoms with van der Waals surface area (Å²) < 4.78 is 7.61. The van der Waals surface area contributed by atoms with Gasteiger partial charge in [-0.15, -0.1) is 0 Å². The molecule has 150 valence electrons. The van der Waals surface area contributed by atoms with Crippen molar-refractivity contribution in [2.75, 3.05) is 36.5 Å². The molecule has 1 aliphatic rings. The number of nitrogens with zero attached hydrogens (tertiary/aromatic N) is 4. The van der Waals surface area contributed by atoms with E-state index in [0.717, 1.165) is 23.4 Å². The number of carbonyl (C=O) groups excluding carboxylic acids is 1. The number of fused-ring (bicyclic) bond motifs is 1. The Morgan fingerprint density at radius 3 is 2.76 bits per heavy atom. The lowest BCUT2D eigenvalue weighted by molar-refractivity contribution is -0.116. The minimum atomic E-state index is -0.188. The molecule has 1 fully saturated rings. The van der Waals surface area contributed by atoms with Crippen molar-refractivity contribution in [2.45, 2.75) is 13.0 Å². The van der Waals surface area contributed by atoms with Crippen LogP contribution in [-0.4, -0.2) is 46.7 Å². The lowest BCUT2D eigenvalue weighted by Gasteiger charge is -2.27. The van der Waals surface area contributed by atoms with E-state index in [2.05, 4.69) is 36.1 Å². The molecule has 4 rings (SSSR count). The van der Waals surface area contributed by atoms with Gasteiger partial charge in [0.1, 0.15) is 5.82 Å². The maximum Gasteiger partial charge on any atom is 0.261 e. The summed E-state index contributed by atoms with van der Waals surface area (Å²) in [5.41, 5.74) is 1.09. The number of anilines is 2. The number of aromatic nitrogens is 3. The van der Waals surface area contributed by atoms with Crippen LogP contribution in [0.5, 0.6) is 0 Å². The number of pyridine rings is 1. The minimum absolute atomic E-state index is 0.159. The van der Waals surface area contributed by atoms with Crippen molar-refractivity contribution < 1.29 is 9.53 Å². The van der Waals surface area contributed by atoms with Crippen LogP contribution >= 0.6 is 15.9 Å². The summed E-state index contributed by atoms with van der Waals surface area (Å²) in [5, 5.41) is 3.34. The van der Waals surface area contributed by atoms with E-state index in [1.165, 1.54) is 10.9 Å². The van der Waals surface area contributed by atoms with Crippen LogP contribution in [0.15, 0.2) is 52.1 Å². The van der Waals surface area contributed by atoms with E-state index in [-0.39, 0.29) is 24.4 Å². The maximum atomic E-state index is 12.6. The number of amides is 1. The van der Waals surface area contributed by atoms with Crippen LogP contribution in [0, 0.1) is 0 Å². The molecule has 0 unspecified atom stereocenters. The Kier molecular flexibility index (Phi) is 5.86. The maximum absolute atomic E-state index is 12.6. The number of nitrogens with one attached hydrogen (secondary N) is 1. The fraction of sp³-hybridized carbons (Fsp3) is 0.300. The molecule has 0 aliphatic carbocycles. The Bertz CT molecular complexity index is 1080. The monoisotopic (exact) mass is 457 g/mol. The van der Waals surface area contributed by atoms with Gasteiger partial charge in [0.25, 0.3) is 5.56 Å². The molecule has 2 aromatic heterocycles. The van der Waals surface area contributed by atoms with E-state index in [0.29, 0.717) is 29.8 Å². The highest BCUT2D eigenvalue weighted by atomic mass is 79.9. The molecule has 3 heterocycles. The number of benzene rings is 1. The zero-order valence-electron chi connectivity index (χ0n) is 15.7. The number of halogens is 1. The van der Waals surface area contributed by atoms with E-state index in [9.17, 15) is 9.59 Å². The molecule has 0 atom stereocenters. The molecule has 1 amide bonds. The average molecular weight is 458 g/mol. The van der Waals surface area contributed by atoms with Crippen molar-refractivity contribution in [3.8, 4) is 0 Å². The molecule has 1 N–H and O–H groups in total. The number of ether oxygens (including phenoxy) is 1. The molecule has 3 aromatic rings. The summed E-state index contributed by atoms with van der Waals surface area (Å²) in [6.07, 6.45) is 3.28. The third-order valence-corrected chi connectivity index (χ3v) is 5.23. The van der Waals surface area contributed by atoms with Crippen LogP contribution in [0.25, 0.3) is 10.9 Å². The standard InChI is InChI=1S/C20H20BrN5O3/c21-14-1-3-17-16(11-14)20(28)26(13-23-17)6-5-19(27)24-15-2-4-18(22-12-15)25-7-9-29-10-8-25/h1-4,11-13H,5-10H2,(H,24,27). The quantitative estimate of drug-likeness (QED) is 0.632. The molecular weight excluding hydrogens is 438 g/mol. The molecule has 8 nitrogen and oxygen atoms in total. The molecule has 0 saturated carbocycles. The molecule has 1 aliphatic heterocycles. The molecule has 0 radical (unpaired) electrons. The molecule has 0 bridgehead atoms. The van der Waals surface area contributed by atoms with Gasteiger partial charge in [-0.1, -0.05) is 15.9 Å². The third kappa shape index (κ3) is 4.63. The van der Waals surface area contributed by atoms with Crippen molar-refractivity contribution in [3.05, 3.63) is 57.7 Å². The van der Waals surface area contributed by atoms with Crippen molar-refractivity contribution in [3.63, 3.8) is 0 Å². The van der Waals surface area contributed by atoms with Gasteiger partial charge in [-0.25, -0.2) is 9.97 Å². The normalized spacial score (nSPS) is 14.2. The van der Waals surface area contributed by atoms with Gasteiger partial charge in [0.15, 0.2) is 0 Å². The lowest BCUT2D eigenvalue weighted by Crippen LogP contribution is -2.36. The van der Waals surface area contributed by atoms with Gasteiger partial charge in [0.2, 0.25) is 5.91 Å². The van der Waals surface area contributed by atoms with E-state index in [4.69, 9.17) is 4.74 Å². The Balaban J connectivity index is 1.37. The zero-order valence-corrected chi connectivity index (χ0v) is 17.3. The minimum Gasteiger partial charge on any atom is -0.378 e. The van der Waals surface area contributed by atoms with Crippen LogP contribution < -0.4 is 15.8 Å². The molecule has 9 heteroatoms. The lowest BCUT2D eigenvalue weighted by atomic mass is 10.2. The number of aryl methyl sites for hydroxylation is 1. The largest absolute Gasteiger partial charge is 0.378 e. The van der Waals surface area contributed by atoms with Gasteiger partial charge >= 0.3 is 0 Å². The van der Waals surface area contributed by atoms with E-state index < -0.39 is 0 Å². The first-order valence-electron chi connectivity index (χ1n) is 9.33. The Hall–Kier alpha value is -2.78. The summed E-state index contributed by atoms with van der Waals surface area (Å²) in [7, 11) is 0. The molecule has 1 saturated heterocycles. The predicted octanol–water partition coefficient (Wildman–Crippen LogP) is 2.42. The summed E-state index contributed by atoms with van der Waals surface area (Å²) in [4.78, 5) is 35.7. The van der Waals surface area contributed by atoms with Crippen molar-refractivity contribution in [2.24, 2.45) is 0 Å². The topological polar surface area (TPSA) is 89.4 Å². The van der Waals surface area contributed by atoms with E-state index >= 15 is 0 Å². The van der Waals surface area contributed by atoms with Crippen LogP contribution in [-0.2, 0) is 16.1 Å². The molecule has 0 spiro atoms. The second kappa shape index (κ2) is 8.71. The van der Waals surface area contributed by atoms with Gasteiger partial charge in [-0.3, -0.25) is 14.2 Å². The smallest absolute Gasteiger partial charge is 0.261 e. The highest BCUT2D eigenvalue weighted by molar-refractivity contribution is 9.10. The second-order valence-electron chi connectivity index (χ2n) is 6.71. The Labute approximate surface area is 175 Å². The van der Waals surface area contributed by atoms with Crippen LogP contribution in [0.4, 0.5) is 11.5 Å². The van der Waals surface area contributed by atoms with Gasteiger partial charge in [0, 0.05) is 30.5 Å². The van der Waals surface area contributed by atoms with Crippen LogP contribution in [0.1, 0.15) is 6.42 Å². The highest BCUT2D eigenvalue weighted by Gasteiger charge is 2.12. The fourth-order valence-electron chi connectivity index (χ4n) is 3.18. The first-order chi connectivity index (χ1) is 14.1. The van der Waals surface area contributed by atoms with Gasteiger partial charge in [-0.05, 0) is 30.3 Å². The average Bonchev–Trinajstić information content (AvgIpc) is 2.75. The molecular formula is C20H20BrN5O3. The van der Waals surface area contributed by atoms with E-state index in [1.54, 1.807) is 18.3 Å². The highest BCUT2D eigenvalue weighted by Crippen LogP contribution is 2.16. The number of morpholine rings is 1. The van der Waals surface area contributed by atoms with Gasteiger partial charge in [-0.2, -0.15) is 0 Å². The molecule has 1 aromatic carbocycles. The first-order valence-corrected chi connectivity index (χ1v) is 10.1. The zero-order chi connectivity index (χ0) is 20.2. The third-order valence-electron chi connectivity index (χ3n) is 4.73. The number of rotatable bonds is 5. The molecule has 29 heavy (non-hydrogen) atoms. The SMILES string of the molecule is O=C(CCn1cnc2ccc(Br)cc2c1=O)Nc1ccc(N2CCOCC2)nc1. The van der Waals surface area contributed by atoms with Crippen LogP contribution in [0.3, 0.4) is 0 Å². The number of hydrogen-bond acceptors (Lipinski definition) is 6. The summed E-state index contributed by atoms with van der Waals surface area (Å²) >= 11 is 3.37. The summed E-state index contributed by atoms with van der Waals surface area (Å²) in [6, 6.07) is 9.08. The predicted molar refractivity (Wildman–Crippen MR) is 114 cm³/mol.